The highest BCUT2D eigenvalue weighted by molar-refractivity contribution is 7.99. The number of benzene rings is 2. The molecule has 0 spiro atoms. The van der Waals surface area contributed by atoms with Gasteiger partial charge in [-0.25, -0.2) is 0 Å². The maximum absolute atomic E-state index is 3.38. The van der Waals surface area contributed by atoms with Crippen LogP contribution >= 0.6 is 23.5 Å². The van der Waals surface area contributed by atoms with E-state index in [4.69, 9.17) is 0 Å². The number of fused-ring (bicyclic) bond motifs is 1. The van der Waals surface area contributed by atoms with Crippen LogP contribution in [0.4, 0.5) is 0 Å². The third-order valence-electron chi connectivity index (χ3n) is 4.54. The first-order valence-electron chi connectivity index (χ1n) is 8.52. The lowest BCUT2D eigenvalue weighted by Gasteiger charge is -2.26. The number of H-pyrrole nitrogens is 1. The van der Waals surface area contributed by atoms with E-state index >= 15 is 0 Å². The minimum atomic E-state index is 1.14. The van der Waals surface area contributed by atoms with Gasteiger partial charge in [0.05, 0.1) is 0 Å². The molecule has 3 aromatic rings. The highest BCUT2D eigenvalue weighted by Crippen LogP contribution is 2.35. The number of aromatic amines is 1. The molecule has 4 rings (SSSR count). The van der Waals surface area contributed by atoms with Crippen molar-refractivity contribution in [3.63, 3.8) is 0 Å². The molecule has 1 aliphatic heterocycles. The fourth-order valence-corrected chi connectivity index (χ4v) is 5.23. The molecule has 4 heteroatoms. The second-order valence-electron chi connectivity index (χ2n) is 6.11. The molecule has 0 radical (unpaired) electrons. The molecular weight excluding hydrogens is 332 g/mol. The maximum atomic E-state index is 3.38. The van der Waals surface area contributed by atoms with Gasteiger partial charge in [-0.3, -0.25) is 0 Å². The van der Waals surface area contributed by atoms with Crippen LogP contribution in [0.15, 0.2) is 64.5 Å². The zero-order chi connectivity index (χ0) is 16.2. The number of nitrogens with one attached hydrogen (secondary N) is 1. The molecule has 0 aliphatic carbocycles. The topological polar surface area (TPSA) is 19.0 Å². The number of hydrogen-bond donors (Lipinski definition) is 1. The summed E-state index contributed by atoms with van der Waals surface area (Å²) < 4.78 is 0. The molecule has 0 bridgehead atoms. The Morgan fingerprint density at radius 2 is 1.75 bits per heavy atom. The van der Waals surface area contributed by atoms with Crippen molar-refractivity contribution in [1.29, 1.82) is 0 Å². The van der Waals surface area contributed by atoms with Gasteiger partial charge in [0.15, 0.2) is 0 Å². The van der Waals surface area contributed by atoms with Crippen molar-refractivity contribution in [3.8, 4) is 0 Å². The zero-order valence-electron chi connectivity index (χ0n) is 13.7. The van der Waals surface area contributed by atoms with Gasteiger partial charge in [-0.2, -0.15) is 11.8 Å². The fourth-order valence-electron chi connectivity index (χ4n) is 3.16. The Morgan fingerprint density at radius 1 is 0.958 bits per heavy atom. The zero-order valence-corrected chi connectivity index (χ0v) is 15.3. The smallest absolute Gasteiger partial charge is 0.0465 e. The van der Waals surface area contributed by atoms with Crippen molar-refractivity contribution in [1.82, 2.24) is 9.88 Å². The normalized spacial score (nSPS) is 15.8. The van der Waals surface area contributed by atoms with Crippen molar-refractivity contribution in [2.75, 3.05) is 31.1 Å². The van der Waals surface area contributed by atoms with E-state index in [1.807, 2.05) is 11.8 Å². The lowest BCUT2D eigenvalue weighted by atomic mass is 10.1. The summed E-state index contributed by atoms with van der Waals surface area (Å²) in [7, 11) is 0. The van der Waals surface area contributed by atoms with Crippen LogP contribution in [0.25, 0.3) is 10.9 Å². The minimum absolute atomic E-state index is 1.14. The molecule has 1 aromatic heterocycles. The van der Waals surface area contributed by atoms with E-state index in [1.165, 1.54) is 57.4 Å². The van der Waals surface area contributed by atoms with Crippen molar-refractivity contribution >= 4 is 34.4 Å². The van der Waals surface area contributed by atoms with Crippen LogP contribution in [-0.4, -0.2) is 41.0 Å². The van der Waals surface area contributed by atoms with Crippen LogP contribution < -0.4 is 0 Å². The predicted octanol–water partition coefficient (Wildman–Crippen LogP) is 4.91. The molecule has 0 unspecified atom stereocenters. The van der Waals surface area contributed by atoms with E-state index in [-0.39, 0.29) is 0 Å². The summed E-state index contributed by atoms with van der Waals surface area (Å²) in [4.78, 5) is 8.68. The minimum Gasteiger partial charge on any atom is -0.360 e. The molecule has 0 saturated carbocycles. The highest BCUT2D eigenvalue weighted by atomic mass is 32.2. The molecule has 2 aromatic carbocycles. The van der Waals surface area contributed by atoms with Crippen molar-refractivity contribution in [2.45, 2.75) is 16.2 Å². The second kappa shape index (κ2) is 7.68. The Labute approximate surface area is 152 Å². The Hall–Kier alpha value is -1.36. The molecule has 124 valence electrons. The molecule has 24 heavy (non-hydrogen) atoms. The SMILES string of the molecule is c1ccc(Sc2c[nH]c3ccccc23)c(CCN2CCSCC2)c1. The fraction of sp³-hybridized carbons (Fsp3) is 0.300. The summed E-state index contributed by atoms with van der Waals surface area (Å²) in [6.45, 7) is 3.65. The van der Waals surface area contributed by atoms with Crippen LogP contribution in [0.3, 0.4) is 0 Å². The van der Waals surface area contributed by atoms with Gasteiger partial charge in [0, 0.05) is 58.0 Å². The summed E-state index contributed by atoms with van der Waals surface area (Å²) in [6, 6.07) is 17.4. The number of aromatic nitrogens is 1. The van der Waals surface area contributed by atoms with Crippen molar-refractivity contribution in [2.24, 2.45) is 0 Å². The van der Waals surface area contributed by atoms with Gasteiger partial charge in [0.1, 0.15) is 0 Å². The monoisotopic (exact) mass is 354 g/mol. The summed E-state index contributed by atoms with van der Waals surface area (Å²) in [5.41, 5.74) is 2.68. The van der Waals surface area contributed by atoms with Gasteiger partial charge >= 0.3 is 0 Å². The molecular formula is C20H22N2S2. The molecule has 0 amide bonds. The Morgan fingerprint density at radius 3 is 2.67 bits per heavy atom. The summed E-state index contributed by atoms with van der Waals surface area (Å²) in [5, 5.41) is 1.31. The quantitative estimate of drug-likeness (QED) is 0.702. The first-order chi connectivity index (χ1) is 11.9. The van der Waals surface area contributed by atoms with E-state index < -0.39 is 0 Å². The van der Waals surface area contributed by atoms with Crippen LogP contribution in [0.1, 0.15) is 5.56 Å². The van der Waals surface area contributed by atoms with Gasteiger partial charge in [-0.05, 0) is 24.1 Å². The second-order valence-corrected chi connectivity index (χ2v) is 8.42. The largest absolute Gasteiger partial charge is 0.360 e. The lowest BCUT2D eigenvalue weighted by Crippen LogP contribution is -2.34. The average Bonchev–Trinajstić information content (AvgIpc) is 3.05. The number of nitrogens with zero attached hydrogens (tertiary/aromatic N) is 1. The third-order valence-corrected chi connectivity index (χ3v) is 6.66. The predicted molar refractivity (Wildman–Crippen MR) is 106 cm³/mol. The molecule has 0 atom stereocenters. The number of rotatable bonds is 5. The summed E-state index contributed by atoms with van der Waals surface area (Å²) in [5.74, 6) is 2.57. The first-order valence-corrected chi connectivity index (χ1v) is 10.5. The summed E-state index contributed by atoms with van der Waals surface area (Å²) in [6.07, 6.45) is 3.27. The Bertz CT molecular complexity index is 806. The third kappa shape index (κ3) is 3.66. The van der Waals surface area contributed by atoms with Gasteiger partial charge in [-0.1, -0.05) is 48.2 Å². The average molecular weight is 355 g/mol. The van der Waals surface area contributed by atoms with E-state index in [1.54, 1.807) is 0 Å². The van der Waals surface area contributed by atoms with E-state index in [9.17, 15) is 0 Å². The molecule has 1 saturated heterocycles. The Balaban J connectivity index is 1.51. The highest BCUT2D eigenvalue weighted by Gasteiger charge is 2.12. The van der Waals surface area contributed by atoms with Crippen molar-refractivity contribution < 1.29 is 0 Å². The standard InChI is InChI=1S/C20H22N2S2/c1-4-8-19(16(5-1)9-10-22-11-13-23-14-12-22)24-20-15-21-18-7-3-2-6-17(18)20/h1-8,15,21H,9-14H2. The van der Waals surface area contributed by atoms with Crippen LogP contribution in [0.2, 0.25) is 0 Å². The van der Waals surface area contributed by atoms with E-state index in [2.05, 4.69) is 76.4 Å². The van der Waals surface area contributed by atoms with Gasteiger partial charge in [0.2, 0.25) is 0 Å². The Kier molecular flexibility index (Phi) is 5.16. The molecule has 1 N–H and O–H groups in total. The van der Waals surface area contributed by atoms with Gasteiger partial charge in [0.25, 0.3) is 0 Å². The van der Waals surface area contributed by atoms with Crippen LogP contribution in [-0.2, 0) is 6.42 Å². The van der Waals surface area contributed by atoms with Crippen LogP contribution in [0.5, 0.6) is 0 Å². The van der Waals surface area contributed by atoms with E-state index in [0.717, 1.165) is 6.42 Å². The number of hydrogen-bond acceptors (Lipinski definition) is 3. The van der Waals surface area contributed by atoms with Gasteiger partial charge in [-0.15, -0.1) is 0 Å². The van der Waals surface area contributed by atoms with E-state index in [0.29, 0.717) is 0 Å². The van der Waals surface area contributed by atoms with Crippen LogP contribution in [0, 0.1) is 0 Å². The molecule has 2 heterocycles. The maximum Gasteiger partial charge on any atom is 0.0465 e. The number of thioether (sulfide) groups is 1. The lowest BCUT2D eigenvalue weighted by molar-refractivity contribution is 0.306. The summed E-state index contributed by atoms with van der Waals surface area (Å²) >= 11 is 3.96. The van der Waals surface area contributed by atoms with Gasteiger partial charge < -0.3 is 9.88 Å². The molecule has 1 fully saturated rings. The molecule has 1 aliphatic rings. The first kappa shape index (κ1) is 16.1. The number of para-hydroxylation sites is 1. The van der Waals surface area contributed by atoms with Crippen molar-refractivity contribution in [3.05, 3.63) is 60.3 Å². The molecule has 2 nitrogen and oxygen atoms in total.